The first kappa shape index (κ1) is 13.2. The lowest BCUT2D eigenvalue weighted by Crippen LogP contribution is -2.01. The summed E-state index contributed by atoms with van der Waals surface area (Å²) in [6, 6.07) is 12.4. The van der Waals surface area contributed by atoms with E-state index in [4.69, 9.17) is 16.3 Å². The predicted octanol–water partition coefficient (Wildman–Crippen LogP) is 5.04. The Kier molecular flexibility index (Phi) is 3.20. The Balaban J connectivity index is 1.83. The number of fused-ring (bicyclic) bond motifs is 2. The van der Waals surface area contributed by atoms with Crippen LogP contribution in [0.5, 0.6) is 5.75 Å². The third-order valence-electron chi connectivity index (χ3n) is 3.91. The largest absolute Gasteiger partial charge is 0.493 e. The summed E-state index contributed by atoms with van der Waals surface area (Å²) in [6.07, 6.45) is 3.06. The van der Waals surface area contributed by atoms with Crippen LogP contribution in [0.1, 0.15) is 11.1 Å². The minimum atomic E-state index is 0.759. The van der Waals surface area contributed by atoms with Crippen LogP contribution in [0, 0.1) is 0 Å². The summed E-state index contributed by atoms with van der Waals surface area (Å²) >= 11 is 9.95. The zero-order valence-corrected chi connectivity index (χ0v) is 13.6. The Morgan fingerprint density at radius 1 is 1.24 bits per heavy atom. The summed E-state index contributed by atoms with van der Waals surface area (Å²) in [4.78, 5) is 0. The normalized spacial score (nSPS) is 13.4. The number of nitrogens with zero attached hydrogens (tertiary/aromatic N) is 1. The van der Waals surface area contributed by atoms with Crippen LogP contribution in [0.2, 0.25) is 5.02 Å². The number of benzene rings is 2. The molecule has 1 aromatic heterocycles. The maximum absolute atomic E-state index is 6.36. The highest BCUT2D eigenvalue weighted by Crippen LogP contribution is 2.34. The fourth-order valence-corrected chi connectivity index (χ4v) is 3.84. The number of hydrogen-bond donors (Lipinski definition) is 0. The van der Waals surface area contributed by atoms with E-state index in [1.54, 1.807) is 0 Å². The Hall–Kier alpha value is -1.45. The molecule has 0 bridgehead atoms. The first-order valence-electron chi connectivity index (χ1n) is 6.90. The van der Waals surface area contributed by atoms with Crippen molar-refractivity contribution in [2.24, 2.45) is 0 Å². The fraction of sp³-hybridized carbons (Fsp3) is 0.176. The van der Waals surface area contributed by atoms with Crippen molar-refractivity contribution >= 4 is 38.4 Å². The van der Waals surface area contributed by atoms with Crippen LogP contribution in [0.15, 0.2) is 47.1 Å². The van der Waals surface area contributed by atoms with Crippen LogP contribution < -0.4 is 4.74 Å². The monoisotopic (exact) mass is 361 g/mol. The summed E-state index contributed by atoms with van der Waals surface area (Å²) < 4.78 is 9.09. The van der Waals surface area contributed by atoms with Crippen molar-refractivity contribution < 1.29 is 4.74 Å². The van der Waals surface area contributed by atoms with Crippen LogP contribution in [-0.2, 0) is 13.0 Å². The standard InChI is InChI=1S/C17H13BrClNO/c18-14-8-12-5-7-21-17(12)13(9-14)10-20-6-4-11-2-1-3-15(19)16(11)20/h1-4,6,8-9H,5,7,10H2. The molecule has 4 heteroatoms. The van der Waals surface area contributed by atoms with Crippen LogP contribution in [-0.4, -0.2) is 11.2 Å². The van der Waals surface area contributed by atoms with Crippen LogP contribution in [0.25, 0.3) is 10.9 Å². The van der Waals surface area contributed by atoms with Gasteiger partial charge in [-0.25, -0.2) is 0 Å². The molecule has 0 unspecified atom stereocenters. The van der Waals surface area contributed by atoms with Gasteiger partial charge in [-0.05, 0) is 29.8 Å². The lowest BCUT2D eigenvalue weighted by atomic mass is 10.1. The Bertz CT molecular complexity index is 840. The average molecular weight is 363 g/mol. The van der Waals surface area contributed by atoms with E-state index in [1.807, 2.05) is 12.1 Å². The number of rotatable bonds is 2. The molecule has 0 radical (unpaired) electrons. The zero-order chi connectivity index (χ0) is 14.4. The Morgan fingerprint density at radius 2 is 2.14 bits per heavy atom. The first-order chi connectivity index (χ1) is 10.2. The van der Waals surface area contributed by atoms with E-state index in [1.165, 1.54) is 11.1 Å². The van der Waals surface area contributed by atoms with Crippen molar-refractivity contribution in [2.75, 3.05) is 6.61 Å². The van der Waals surface area contributed by atoms with Crippen molar-refractivity contribution in [1.82, 2.24) is 4.57 Å². The summed E-state index contributed by atoms with van der Waals surface area (Å²) in [5.41, 5.74) is 3.54. The van der Waals surface area contributed by atoms with Crippen molar-refractivity contribution in [3.8, 4) is 5.75 Å². The minimum absolute atomic E-state index is 0.759. The van der Waals surface area contributed by atoms with Crippen molar-refractivity contribution in [3.63, 3.8) is 0 Å². The average Bonchev–Trinajstić information content (AvgIpc) is 3.06. The Morgan fingerprint density at radius 3 is 3.05 bits per heavy atom. The third-order valence-corrected chi connectivity index (χ3v) is 4.67. The van der Waals surface area contributed by atoms with Crippen LogP contribution in [0.3, 0.4) is 0 Å². The van der Waals surface area contributed by atoms with Gasteiger partial charge in [-0.15, -0.1) is 0 Å². The molecule has 106 valence electrons. The van der Waals surface area contributed by atoms with E-state index in [2.05, 4.69) is 51.0 Å². The van der Waals surface area contributed by atoms with E-state index in [-0.39, 0.29) is 0 Å². The van der Waals surface area contributed by atoms with Gasteiger partial charge in [0.15, 0.2) is 0 Å². The number of para-hydroxylation sites is 1. The Labute approximate surface area is 136 Å². The lowest BCUT2D eigenvalue weighted by Gasteiger charge is -2.12. The minimum Gasteiger partial charge on any atom is -0.493 e. The molecule has 2 nitrogen and oxygen atoms in total. The van der Waals surface area contributed by atoms with E-state index in [0.717, 1.165) is 45.7 Å². The van der Waals surface area contributed by atoms with Crippen LogP contribution >= 0.6 is 27.5 Å². The summed E-state index contributed by atoms with van der Waals surface area (Å²) in [7, 11) is 0. The van der Waals surface area contributed by atoms with Crippen molar-refractivity contribution in [2.45, 2.75) is 13.0 Å². The topological polar surface area (TPSA) is 14.2 Å². The third kappa shape index (κ3) is 2.25. The highest BCUT2D eigenvalue weighted by Gasteiger charge is 2.18. The lowest BCUT2D eigenvalue weighted by molar-refractivity contribution is 0.353. The van der Waals surface area contributed by atoms with E-state index < -0.39 is 0 Å². The van der Waals surface area contributed by atoms with Crippen LogP contribution in [0.4, 0.5) is 0 Å². The highest BCUT2D eigenvalue weighted by atomic mass is 79.9. The van der Waals surface area contributed by atoms with E-state index >= 15 is 0 Å². The molecule has 0 saturated carbocycles. The molecule has 2 heterocycles. The number of hydrogen-bond acceptors (Lipinski definition) is 1. The molecule has 3 aromatic rings. The molecule has 4 rings (SSSR count). The summed E-state index contributed by atoms with van der Waals surface area (Å²) in [5.74, 6) is 1.03. The number of halogens is 2. The zero-order valence-electron chi connectivity index (χ0n) is 11.3. The van der Waals surface area contributed by atoms with Gasteiger partial charge in [0.25, 0.3) is 0 Å². The smallest absolute Gasteiger partial charge is 0.127 e. The molecule has 0 saturated heterocycles. The van der Waals surface area contributed by atoms with Gasteiger partial charge in [-0.2, -0.15) is 0 Å². The van der Waals surface area contributed by atoms with Gasteiger partial charge in [0.05, 0.1) is 23.7 Å². The van der Waals surface area contributed by atoms with Gasteiger partial charge in [0, 0.05) is 28.0 Å². The van der Waals surface area contributed by atoms with Gasteiger partial charge in [-0.1, -0.05) is 39.7 Å². The van der Waals surface area contributed by atoms with Gasteiger partial charge in [-0.3, -0.25) is 0 Å². The summed E-state index contributed by atoms with van der Waals surface area (Å²) in [5, 5.41) is 1.94. The predicted molar refractivity (Wildman–Crippen MR) is 89.4 cm³/mol. The molecule has 2 aromatic carbocycles. The van der Waals surface area contributed by atoms with Crippen molar-refractivity contribution in [1.29, 1.82) is 0 Å². The second-order valence-corrected chi connectivity index (χ2v) is 6.60. The second kappa shape index (κ2) is 5.08. The van der Waals surface area contributed by atoms with Crippen molar-refractivity contribution in [3.05, 3.63) is 63.2 Å². The SMILES string of the molecule is Clc1cccc2ccn(Cc3cc(Br)cc4c3OCC4)c12. The molecule has 1 aliphatic heterocycles. The van der Waals surface area contributed by atoms with Gasteiger partial charge in [0.1, 0.15) is 5.75 Å². The number of aromatic nitrogens is 1. The number of ether oxygens (including phenoxy) is 1. The molecule has 0 fully saturated rings. The molecule has 0 spiro atoms. The quantitative estimate of drug-likeness (QED) is 0.623. The first-order valence-corrected chi connectivity index (χ1v) is 8.07. The maximum Gasteiger partial charge on any atom is 0.127 e. The van der Waals surface area contributed by atoms with E-state index in [0.29, 0.717) is 0 Å². The molecule has 0 atom stereocenters. The van der Waals surface area contributed by atoms with Gasteiger partial charge in [0.2, 0.25) is 0 Å². The molecule has 0 amide bonds. The molecular weight excluding hydrogens is 350 g/mol. The van der Waals surface area contributed by atoms with Gasteiger partial charge >= 0.3 is 0 Å². The molecule has 0 N–H and O–H groups in total. The molecule has 21 heavy (non-hydrogen) atoms. The summed E-state index contributed by atoms with van der Waals surface area (Å²) in [6.45, 7) is 1.53. The molecule has 1 aliphatic rings. The molecule has 0 aliphatic carbocycles. The van der Waals surface area contributed by atoms with E-state index in [9.17, 15) is 0 Å². The molecular formula is C17H13BrClNO. The van der Waals surface area contributed by atoms with Gasteiger partial charge < -0.3 is 9.30 Å². The maximum atomic E-state index is 6.36. The second-order valence-electron chi connectivity index (χ2n) is 5.27. The fourth-order valence-electron chi connectivity index (χ4n) is 2.99. The highest BCUT2D eigenvalue weighted by molar-refractivity contribution is 9.10.